The zero-order valence-corrected chi connectivity index (χ0v) is 12.4. The standard InChI is InChI=1S/C12H17BrN2O3/c1-12(2,3)9(11(17)18)14-10(16)8-5-7(13)6-15(8)4/h5-6,9H,1-4H3,(H,14,16)(H,17,18). The second kappa shape index (κ2) is 5.14. The largest absolute Gasteiger partial charge is 0.480 e. The monoisotopic (exact) mass is 316 g/mol. The summed E-state index contributed by atoms with van der Waals surface area (Å²) in [4.78, 5) is 23.2. The molecule has 0 radical (unpaired) electrons. The van der Waals surface area contributed by atoms with Crippen molar-refractivity contribution in [1.29, 1.82) is 0 Å². The SMILES string of the molecule is Cn1cc(Br)cc1C(=O)NC(C(=O)O)C(C)(C)C. The summed E-state index contributed by atoms with van der Waals surface area (Å²) >= 11 is 3.27. The highest BCUT2D eigenvalue weighted by Crippen LogP contribution is 2.20. The number of nitrogens with zero attached hydrogens (tertiary/aromatic N) is 1. The smallest absolute Gasteiger partial charge is 0.326 e. The highest BCUT2D eigenvalue weighted by molar-refractivity contribution is 9.10. The minimum absolute atomic E-state index is 0.398. The first-order chi connectivity index (χ1) is 8.12. The lowest BCUT2D eigenvalue weighted by atomic mass is 9.86. The molecule has 0 aliphatic carbocycles. The first-order valence-electron chi connectivity index (χ1n) is 5.48. The van der Waals surface area contributed by atoms with Gasteiger partial charge in [-0.25, -0.2) is 4.79 Å². The van der Waals surface area contributed by atoms with E-state index in [1.807, 2.05) is 0 Å². The van der Waals surface area contributed by atoms with E-state index in [1.165, 1.54) is 0 Å². The zero-order chi connectivity index (χ0) is 14.1. The van der Waals surface area contributed by atoms with E-state index < -0.39 is 23.3 Å². The number of carboxylic acids is 1. The van der Waals surface area contributed by atoms with E-state index in [-0.39, 0.29) is 0 Å². The van der Waals surface area contributed by atoms with E-state index >= 15 is 0 Å². The lowest BCUT2D eigenvalue weighted by Crippen LogP contribution is -2.49. The molecule has 0 aromatic carbocycles. The third-order valence-corrected chi connectivity index (χ3v) is 3.03. The molecule has 0 aliphatic rings. The predicted octanol–water partition coefficient (Wildman–Crippen LogP) is 2.02. The van der Waals surface area contributed by atoms with Gasteiger partial charge in [0.2, 0.25) is 0 Å². The molecule has 1 unspecified atom stereocenters. The van der Waals surface area contributed by atoms with E-state index in [0.29, 0.717) is 5.69 Å². The molecule has 0 saturated carbocycles. The Morgan fingerprint density at radius 2 is 2.00 bits per heavy atom. The number of amides is 1. The van der Waals surface area contributed by atoms with Gasteiger partial charge in [-0.3, -0.25) is 4.79 Å². The first-order valence-corrected chi connectivity index (χ1v) is 6.27. The highest BCUT2D eigenvalue weighted by atomic mass is 79.9. The second-order valence-electron chi connectivity index (χ2n) is 5.27. The van der Waals surface area contributed by atoms with Crippen molar-refractivity contribution in [2.45, 2.75) is 26.8 Å². The number of carboxylic acid groups (broad SMARTS) is 1. The Hall–Kier alpha value is -1.30. The molecule has 6 heteroatoms. The molecule has 0 saturated heterocycles. The van der Waals surface area contributed by atoms with Gasteiger partial charge in [-0.05, 0) is 27.4 Å². The molecule has 0 spiro atoms. The third kappa shape index (κ3) is 3.35. The molecule has 1 aromatic heterocycles. The molecule has 1 aromatic rings. The summed E-state index contributed by atoms with van der Waals surface area (Å²) in [6, 6.07) is 0.718. The van der Waals surface area contributed by atoms with Crippen LogP contribution in [0.2, 0.25) is 0 Å². The molecule has 2 N–H and O–H groups in total. The summed E-state index contributed by atoms with van der Waals surface area (Å²) in [6.45, 7) is 5.31. The maximum atomic E-state index is 12.0. The van der Waals surface area contributed by atoms with Crippen LogP contribution in [0.3, 0.4) is 0 Å². The molecule has 1 amide bonds. The topological polar surface area (TPSA) is 71.3 Å². The van der Waals surface area contributed by atoms with Crippen LogP contribution >= 0.6 is 15.9 Å². The van der Waals surface area contributed by atoms with Gasteiger partial charge in [0, 0.05) is 17.7 Å². The Kier molecular flexibility index (Phi) is 4.21. The predicted molar refractivity (Wildman–Crippen MR) is 71.5 cm³/mol. The minimum Gasteiger partial charge on any atom is -0.480 e. The van der Waals surface area contributed by atoms with Gasteiger partial charge in [-0.15, -0.1) is 0 Å². The molecule has 1 atom stereocenters. The Balaban J connectivity index is 2.93. The fraction of sp³-hybridized carbons (Fsp3) is 0.500. The maximum Gasteiger partial charge on any atom is 0.326 e. The van der Waals surface area contributed by atoms with Gasteiger partial charge in [0.05, 0.1) is 0 Å². The van der Waals surface area contributed by atoms with Crippen LogP contribution in [0, 0.1) is 5.41 Å². The van der Waals surface area contributed by atoms with Crippen LogP contribution in [-0.4, -0.2) is 27.6 Å². The quantitative estimate of drug-likeness (QED) is 0.896. The maximum absolute atomic E-state index is 12.0. The summed E-state index contributed by atoms with van der Waals surface area (Å²) in [5, 5.41) is 11.7. The lowest BCUT2D eigenvalue weighted by Gasteiger charge is -2.27. The Bertz CT molecular complexity index is 474. The average molecular weight is 317 g/mol. The van der Waals surface area contributed by atoms with Gasteiger partial charge in [0.25, 0.3) is 5.91 Å². The Morgan fingerprint density at radius 3 is 2.33 bits per heavy atom. The number of nitrogens with one attached hydrogen (secondary N) is 1. The van der Waals surface area contributed by atoms with E-state index in [1.54, 1.807) is 44.6 Å². The number of hydrogen-bond acceptors (Lipinski definition) is 2. The van der Waals surface area contributed by atoms with Crippen LogP contribution in [0.1, 0.15) is 31.3 Å². The number of aromatic nitrogens is 1. The molecular formula is C12H17BrN2O3. The van der Waals surface area contributed by atoms with E-state index in [9.17, 15) is 9.59 Å². The van der Waals surface area contributed by atoms with Crippen LogP contribution in [0.4, 0.5) is 0 Å². The summed E-state index contributed by atoms with van der Waals surface area (Å²) in [6.07, 6.45) is 1.74. The molecule has 0 fully saturated rings. The van der Waals surface area contributed by atoms with Crippen molar-refractivity contribution in [1.82, 2.24) is 9.88 Å². The number of aryl methyl sites for hydroxylation is 1. The lowest BCUT2D eigenvalue weighted by molar-refractivity contribution is -0.142. The van der Waals surface area contributed by atoms with Gasteiger partial charge in [0.15, 0.2) is 0 Å². The third-order valence-electron chi connectivity index (χ3n) is 2.59. The van der Waals surface area contributed by atoms with Crippen molar-refractivity contribution in [2.75, 3.05) is 0 Å². The number of hydrogen-bond donors (Lipinski definition) is 2. The number of rotatable bonds is 3. The summed E-state index contributed by atoms with van der Waals surface area (Å²) in [7, 11) is 1.73. The van der Waals surface area contributed by atoms with Gasteiger partial charge in [0.1, 0.15) is 11.7 Å². The molecule has 1 heterocycles. The fourth-order valence-electron chi connectivity index (χ4n) is 1.60. The van der Waals surface area contributed by atoms with Gasteiger partial charge < -0.3 is 15.0 Å². The number of aliphatic carboxylic acids is 1. The Morgan fingerprint density at radius 1 is 1.44 bits per heavy atom. The minimum atomic E-state index is -1.04. The van der Waals surface area contributed by atoms with Crippen LogP contribution < -0.4 is 5.32 Å². The molecular weight excluding hydrogens is 300 g/mol. The van der Waals surface area contributed by atoms with Crippen LogP contribution in [-0.2, 0) is 11.8 Å². The average Bonchev–Trinajstić information content (AvgIpc) is 2.51. The van der Waals surface area contributed by atoms with Crippen LogP contribution in [0.5, 0.6) is 0 Å². The van der Waals surface area contributed by atoms with Gasteiger partial charge >= 0.3 is 5.97 Å². The van der Waals surface area contributed by atoms with Crippen molar-refractivity contribution in [3.05, 3.63) is 22.4 Å². The van der Waals surface area contributed by atoms with E-state index in [0.717, 1.165) is 4.47 Å². The van der Waals surface area contributed by atoms with E-state index in [4.69, 9.17) is 5.11 Å². The molecule has 100 valence electrons. The van der Waals surface area contributed by atoms with E-state index in [2.05, 4.69) is 21.2 Å². The van der Waals surface area contributed by atoms with Crippen molar-refractivity contribution < 1.29 is 14.7 Å². The summed E-state index contributed by atoms with van der Waals surface area (Å²) < 4.78 is 2.42. The van der Waals surface area contributed by atoms with Crippen molar-refractivity contribution in [3.63, 3.8) is 0 Å². The number of carbonyl (C=O) groups excluding carboxylic acids is 1. The molecule has 18 heavy (non-hydrogen) atoms. The van der Waals surface area contributed by atoms with Crippen LogP contribution in [0.15, 0.2) is 16.7 Å². The first kappa shape index (κ1) is 14.8. The molecule has 1 rings (SSSR count). The molecule has 5 nitrogen and oxygen atoms in total. The van der Waals surface area contributed by atoms with Crippen LogP contribution in [0.25, 0.3) is 0 Å². The Labute approximate surface area is 114 Å². The number of carbonyl (C=O) groups is 2. The zero-order valence-electron chi connectivity index (χ0n) is 10.8. The second-order valence-corrected chi connectivity index (χ2v) is 6.18. The van der Waals surface area contributed by atoms with Gasteiger partial charge in [-0.2, -0.15) is 0 Å². The van der Waals surface area contributed by atoms with Crippen molar-refractivity contribution in [2.24, 2.45) is 12.5 Å². The fourth-order valence-corrected chi connectivity index (χ4v) is 2.13. The highest BCUT2D eigenvalue weighted by Gasteiger charge is 2.33. The summed E-state index contributed by atoms with van der Waals surface area (Å²) in [5.74, 6) is -1.44. The summed E-state index contributed by atoms with van der Waals surface area (Å²) in [5.41, 5.74) is -0.137. The van der Waals surface area contributed by atoms with Crippen molar-refractivity contribution in [3.8, 4) is 0 Å². The number of halogens is 1. The van der Waals surface area contributed by atoms with Crippen molar-refractivity contribution >= 4 is 27.8 Å². The normalized spacial score (nSPS) is 13.2. The molecule has 0 aliphatic heterocycles. The van der Waals surface area contributed by atoms with Gasteiger partial charge in [-0.1, -0.05) is 20.8 Å². The molecule has 0 bridgehead atoms.